The van der Waals surface area contributed by atoms with Crippen LogP contribution in [0, 0.1) is 0 Å². The van der Waals surface area contributed by atoms with E-state index in [4.69, 9.17) is 10.3 Å². The molecule has 0 bridgehead atoms. The molecule has 0 aliphatic carbocycles. The van der Waals surface area contributed by atoms with E-state index < -0.39 is 9.84 Å². The summed E-state index contributed by atoms with van der Waals surface area (Å²) in [5, 5.41) is 3.56. The molecule has 0 spiro atoms. The van der Waals surface area contributed by atoms with E-state index in [1.165, 1.54) is 0 Å². The molecule has 1 aromatic heterocycles. The maximum atomic E-state index is 11.1. The Balaban J connectivity index is 3.10. The molecule has 80 valence electrons. The highest BCUT2D eigenvalue weighted by Gasteiger charge is 2.20. The molecule has 0 fully saturated rings. The fourth-order valence-electron chi connectivity index (χ4n) is 1.31. The summed E-state index contributed by atoms with van der Waals surface area (Å²) < 4.78 is 27.0. The first-order valence-corrected chi connectivity index (χ1v) is 6.29. The number of anilines is 1. The van der Waals surface area contributed by atoms with Crippen LogP contribution in [0.25, 0.3) is 0 Å². The molecule has 5 nitrogen and oxygen atoms in total. The van der Waals surface area contributed by atoms with Gasteiger partial charge in [-0.2, -0.15) is 0 Å². The molecule has 0 aromatic carbocycles. The summed E-state index contributed by atoms with van der Waals surface area (Å²) in [5.74, 6) is 0.585. The number of hydrogen-bond donors (Lipinski definition) is 1. The van der Waals surface area contributed by atoms with Gasteiger partial charge in [0.05, 0.1) is 0 Å². The van der Waals surface area contributed by atoms with Crippen molar-refractivity contribution in [1.82, 2.24) is 5.16 Å². The van der Waals surface area contributed by atoms with Crippen molar-refractivity contribution in [3.63, 3.8) is 0 Å². The van der Waals surface area contributed by atoms with E-state index >= 15 is 0 Å². The second-order valence-electron chi connectivity index (χ2n) is 3.63. The lowest BCUT2D eigenvalue weighted by Crippen LogP contribution is -2.04. The summed E-state index contributed by atoms with van der Waals surface area (Å²) >= 11 is 0. The number of nitrogens with zero attached hydrogens (tertiary/aromatic N) is 1. The Morgan fingerprint density at radius 3 is 2.50 bits per heavy atom. The van der Waals surface area contributed by atoms with E-state index in [9.17, 15) is 8.42 Å². The minimum Gasteiger partial charge on any atom is -0.381 e. The minimum atomic E-state index is -3.11. The lowest BCUT2D eigenvalue weighted by atomic mass is 10.0. The third-order valence-corrected chi connectivity index (χ3v) is 2.59. The van der Waals surface area contributed by atoms with Gasteiger partial charge in [0.25, 0.3) is 0 Å². The largest absolute Gasteiger partial charge is 0.381 e. The van der Waals surface area contributed by atoms with E-state index in [0.29, 0.717) is 11.3 Å². The van der Waals surface area contributed by atoms with Crippen molar-refractivity contribution >= 4 is 15.7 Å². The van der Waals surface area contributed by atoms with Crippen molar-refractivity contribution in [3.8, 4) is 0 Å². The average molecular weight is 218 g/mol. The van der Waals surface area contributed by atoms with E-state index in [2.05, 4.69) is 5.16 Å². The molecule has 0 atom stereocenters. The zero-order valence-electron chi connectivity index (χ0n) is 8.44. The van der Waals surface area contributed by atoms with Crippen LogP contribution < -0.4 is 5.73 Å². The molecule has 0 unspecified atom stereocenters. The Labute approximate surface area is 83.2 Å². The molecular formula is C8H14N2O3S. The number of hydrogen-bond acceptors (Lipinski definition) is 5. The van der Waals surface area contributed by atoms with E-state index in [1.807, 2.05) is 13.8 Å². The fourth-order valence-corrected chi connectivity index (χ4v) is 1.99. The molecular weight excluding hydrogens is 204 g/mol. The molecule has 1 aromatic rings. The third kappa shape index (κ3) is 2.47. The lowest BCUT2D eigenvalue weighted by molar-refractivity contribution is 0.393. The average Bonchev–Trinajstić information content (AvgIpc) is 2.27. The first-order valence-electron chi connectivity index (χ1n) is 4.23. The summed E-state index contributed by atoms with van der Waals surface area (Å²) in [5.41, 5.74) is 6.25. The van der Waals surface area contributed by atoms with Crippen LogP contribution in [0.2, 0.25) is 0 Å². The highest BCUT2D eigenvalue weighted by molar-refractivity contribution is 7.89. The summed E-state index contributed by atoms with van der Waals surface area (Å²) in [6, 6.07) is 0. The van der Waals surface area contributed by atoms with Crippen molar-refractivity contribution in [2.45, 2.75) is 25.5 Å². The van der Waals surface area contributed by atoms with Gasteiger partial charge in [0.2, 0.25) is 0 Å². The predicted octanol–water partition coefficient (Wildman–Crippen LogP) is 0.925. The van der Waals surface area contributed by atoms with Gasteiger partial charge in [-0.15, -0.1) is 0 Å². The summed E-state index contributed by atoms with van der Waals surface area (Å²) in [4.78, 5) is 0. The Bertz CT molecular complexity index is 420. The number of nitrogens with two attached hydrogens (primary N) is 1. The maximum absolute atomic E-state index is 11.1. The quantitative estimate of drug-likeness (QED) is 0.815. The van der Waals surface area contributed by atoms with Crippen molar-refractivity contribution < 1.29 is 12.9 Å². The van der Waals surface area contributed by atoms with Crippen LogP contribution in [0.3, 0.4) is 0 Å². The van der Waals surface area contributed by atoms with Crippen molar-refractivity contribution in [1.29, 1.82) is 0 Å². The molecule has 6 heteroatoms. The first-order chi connectivity index (χ1) is 6.31. The molecule has 0 aliphatic rings. The number of aromatic nitrogens is 1. The van der Waals surface area contributed by atoms with Gasteiger partial charge >= 0.3 is 0 Å². The maximum Gasteiger partial charge on any atom is 0.170 e. The van der Waals surface area contributed by atoms with Gasteiger partial charge in [0, 0.05) is 11.8 Å². The zero-order chi connectivity index (χ0) is 10.9. The highest BCUT2D eigenvalue weighted by Crippen LogP contribution is 2.26. The van der Waals surface area contributed by atoms with Crippen molar-refractivity contribution in [2.24, 2.45) is 0 Å². The molecule has 1 rings (SSSR count). The van der Waals surface area contributed by atoms with Gasteiger partial charge in [-0.1, -0.05) is 19.0 Å². The first kappa shape index (κ1) is 11.0. The van der Waals surface area contributed by atoms with Gasteiger partial charge in [-0.25, -0.2) is 8.42 Å². The van der Waals surface area contributed by atoms with E-state index in [-0.39, 0.29) is 17.5 Å². The molecule has 2 N–H and O–H groups in total. The summed E-state index contributed by atoms with van der Waals surface area (Å²) in [6.07, 6.45) is 1.15. The monoisotopic (exact) mass is 218 g/mol. The molecule has 14 heavy (non-hydrogen) atoms. The predicted molar refractivity (Wildman–Crippen MR) is 53.6 cm³/mol. The molecule has 0 amide bonds. The molecule has 1 heterocycles. The van der Waals surface area contributed by atoms with E-state index in [1.54, 1.807) is 0 Å². The van der Waals surface area contributed by atoms with Gasteiger partial charge in [0.15, 0.2) is 21.4 Å². The Hall–Kier alpha value is -1.04. The van der Waals surface area contributed by atoms with E-state index in [0.717, 1.165) is 6.26 Å². The second-order valence-corrected chi connectivity index (χ2v) is 5.77. The van der Waals surface area contributed by atoms with Crippen molar-refractivity contribution in [2.75, 3.05) is 12.0 Å². The molecule has 0 saturated carbocycles. The van der Waals surface area contributed by atoms with Crippen molar-refractivity contribution in [3.05, 3.63) is 11.3 Å². The van der Waals surface area contributed by atoms with Crippen LogP contribution >= 0.6 is 0 Å². The van der Waals surface area contributed by atoms with Crippen LogP contribution in [0.5, 0.6) is 0 Å². The highest BCUT2D eigenvalue weighted by atomic mass is 32.2. The van der Waals surface area contributed by atoms with Crippen LogP contribution in [-0.2, 0) is 15.6 Å². The normalized spacial score (nSPS) is 12.3. The smallest absolute Gasteiger partial charge is 0.170 e. The zero-order valence-corrected chi connectivity index (χ0v) is 9.26. The number of nitrogen functional groups attached to an aromatic ring is 1. The van der Waals surface area contributed by atoms with Gasteiger partial charge in [-0.3, -0.25) is 0 Å². The van der Waals surface area contributed by atoms with Gasteiger partial charge < -0.3 is 10.3 Å². The van der Waals surface area contributed by atoms with Crippen LogP contribution in [-0.4, -0.2) is 19.8 Å². The van der Waals surface area contributed by atoms with Crippen LogP contribution in [0.15, 0.2) is 4.52 Å². The van der Waals surface area contributed by atoms with Gasteiger partial charge in [-0.05, 0) is 5.92 Å². The molecule has 0 saturated heterocycles. The van der Waals surface area contributed by atoms with Gasteiger partial charge in [0.1, 0.15) is 5.75 Å². The molecule has 0 radical (unpaired) electrons. The van der Waals surface area contributed by atoms with Crippen LogP contribution in [0.4, 0.5) is 5.82 Å². The summed E-state index contributed by atoms with van der Waals surface area (Å²) in [6.45, 7) is 3.82. The standard InChI is InChI=1S/C8H14N2O3S/c1-5(2)7-6(4-14(3,11)12)13-10-8(7)9/h5H,4H2,1-3H3,(H2,9,10). The second kappa shape index (κ2) is 3.61. The molecule has 0 aliphatic heterocycles. The third-order valence-electron chi connectivity index (χ3n) is 1.80. The Kier molecular flexibility index (Phi) is 2.84. The number of rotatable bonds is 3. The Morgan fingerprint density at radius 2 is 2.07 bits per heavy atom. The summed E-state index contributed by atoms with van der Waals surface area (Å²) in [7, 11) is -3.11. The topological polar surface area (TPSA) is 86.2 Å². The lowest BCUT2D eigenvalue weighted by Gasteiger charge is -2.03. The van der Waals surface area contributed by atoms with Crippen LogP contribution in [0.1, 0.15) is 31.1 Å². The minimum absolute atomic E-state index is 0.109. The SMILES string of the molecule is CC(C)c1c(N)noc1CS(C)(=O)=O. The fraction of sp³-hybridized carbons (Fsp3) is 0.625. The Morgan fingerprint density at radius 1 is 1.50 bits per heavy atom. The number of sulfone groups is 1.